The lowest BCUT2D eigenvalue weighted by atomic mass is 9.89. The lowest BCUT2D eigenvalue weighted by Crippen LogP contribution is -2.41. The number of carbonyl (C=O) groups excluding carboxylic acids is 1. The van der Waals surface area contributed by atoms with Gasteiger partial charge in [0.1, 0.15) is 5.60 Å². The number of amides is 1. The summed E-state index contributed by atoms with van der Waals surface area (Å²) in [5.41, 5.74) is -5.25. The van der Waals surface area contributed by atoms with Crippen molar-refractivity contribution in [1.29, 1.82) is 0 Å². The minimum absolute atomic E-state index is 0.120. The molecule has 1 aliphatic rings. The Labute approximate surface area is 152 Å². The standard InChI is InChI=1S/C17H20F5NO2S/c1-16(2,3)25-15(24)23-8-6-10(7-9-23)11-4-5-12(18)13(19)14(11)26-17(20,21)22/h4-5,10H,6-9H2,1-3H3. The SMILES string of the molecule is CC(C)(C)OC(=O)N1CCC(c2ccc(F)c(F)c2SC(F)(F)F)CC1. The predicted molar refractivity (Wildman–Crippen MR) is 88.1 cm³/mol. The molecule has 0 saturated carbocycles. The van der Waals surface area contributed by atoms with Gasteiger partial charge in [-0.3, -0.25) is 0 Å². The Morgan fingerprint density at radius 2 is 1.73 bits per heavy atom. The van der Waals surface area contributed by atoms with E-state index in [4.69, 9.17) is 4.74 Å². The van der Waals surface area contributed by atoms with Crippen molar-refractivity contribution in [1.82, 2.24) is 4.90 Å². The lowest BCUT2D eigenvalue weighted by Gasteiger charge is -2.34. The van der Waals surface area contributed by atoms with Crippen molar-refractivity contribution in [3.05, 3.63) is 29.3 Å². The first kappa shape index (κ1) is 20.8. The van der Waals surface area contributed by atoms with Gasteiger partial charge < -0.3 is 9.64 Å². The van der Waals surface area contributed by atoms with Crippen LogP contribution in [0.2, 0.25) is 0 Å². The molecule has 0 spiro atoms. The molecule has 3 nitrogen and oxygen atoms in total. The number of alkyl halides is 3. The van der Waals surface area contributed by atoms with E-state index in [0.717, 1.165) is 6.07 Å². The molecule has 1 aliphatic heterocycles. The summed E-state index contributed by atoms with van der Waals surface area (Å²) < 4.78 is 70.8. The van der Waals surface area contributed by atoms with Gasteiger partial charge in [0.15, 0.2) is 11.6 Å². The molecule has 0 aliphatic carbocycles. The molecule has 2 rings (SSSR count). The monoisotopic (exact) mass is 397 g/mol. The van der Waals surface area contributed by atoms with Gasteiger partial charge in [0, 0.05) is 13.1 Å². The highest BCUT2D eigenvalue weighted by Gasteiger charge is 2.35. The first-order chi connectivity index (χ1) is 11.9. The molecule has 0 N–H and O–H groups in total. The fraction of sp³-hybridized carbons (Fsp3) is 0.588. The van der Waals surface area contributed by atoms with Crippen LogP contribution in [-0.2, 0) is 4.74 Å². The molecule has 9 heteroatoms. The highest BCUT2D eigenvalue weighted by Crippen LogP contribution is 2.44. The maximum absolute atomic E-state index is 14.0. The molecule has 1 saturated heterocycles. The van der Waals surface area contributed by atoms with Gasteiger partial charge in [-0.05, 0) is 62.9 Å². The molecule has 1 fully saturated rings. The van der Waals surface area contributed by atoms with Gasteiger partial charge >= 0.3 is 11.6 Å². The maximum atomic E-state index is 14.0. The quantitative estimate of drug-likeness (QED) is 0.474. The molecular weight excluding hydrogens is 377 g/mol. The van der Waals surface area contributed by atoms with Gasteiger partial charge in [0.25, 0.3) is 0 Å². The van der Waals surface area contributed by atoms with Gasteiger partial charge in [0.2, 0.25) is 0 Å². The smallest absolute Gasteiger partial charge is 0.444 e. The molecule has 1 aromatic rings. The Morgan fingerprint density at radius 1 is 1.15 bits per heavy atom. The number of carbonyl (C=O) groups is 1. The van der Waals surface area contributed by atoms with Crippen LogP contribution in [0.1, 0.15) is 45.1 Å². The second kappa shape index (κ2) is 7.62. The zero-order valence-electron chi connectivity index (χ0n) is 14.6. The summed E-state index contributed by atoms with van der Waals surface area (Å²) >= 11 is -0.643. The molecule has 0 aromatic heterocycles. The first-order valence-electron chi connectivity index (χ1n) is 8.09. The molecule has 0 radical (unpaired) electrons. The van der Waals surface area contributed by atoms with Crippen molar-refractivity contribution in [2.75, 3.05) is 13.1 Å². The number of rotatable bonds is 2. The molecule has 1 aromatic carbocycles. The highest BCUT2D eigenvalue weighted by atomic mass is 32.2. The second-order valence-electron chi connectivity index (χ2n) is 7.07. The minimum Gasteiger partial charge on any atom is -0.444 e. The summed E-state index contributed by atoms with van der Waals surface area (Å²) in [5.74, 6) is -3.19. The fourth-order valence-corrected chi connectivity index (χ4v) is 3.56. The molecular formula is C17H20F5NO2S. The third-order valence-corrected chi connectivity index (χ3v) is 4.74. The summed E-state index contributed by atoms with van der Waals surface area (Å²) in [4.78, 5) is 12.8. The van der Waals surface area contributed by atoms with E-state index in [0.29, 0.717) is 12.8 Å². The average Bonchev–Trinajstić information content (AvgIpc) is 2.49. The number of ether oxygens (including phenoxy) is 1. The van der Waals surface area contributed by atoms with Crippen molar-refractivity contribution in [3.63, 3.8) is 0 Å². The van der Waals surface area contributed by atoms with Crippen molar-refractivity contribution in [2.24, 2.45) is 0 Å². The van der Waals surface area contributed by atoms with E-state index in [9.17, 15) is 26.7 Å². The molecule has 1 heterocycles. The molecule has 146 valence electrons. The third-order valence-electron chi connectivity index (χ3n) is 3.88. The van der Waals surface area contributed by atoms with Crippen LogP contribution in [0.3, 0.4) is 0 Å². The maximum Gasteiger partial charge on any atom is 0.446 e. The second-order valence-corrected chi connectivity index (χ2v) is 8.14. The summed E-state index contributed by atoms with van der Waals surface area (Å²) in [7, 11) is 0. The number of halogens is 5. The normalized spacial score (nSPS) is 16.7. The Hall–Kier alpha value is -1.51. The zero-order valence-corrected chi connectivity index (χ0v) is 15.4. The largest absolute Gasteiger partial charge is 0.446 e. The average molecular weight is 397 g/mol. The van der Waals surface area contributed by atoms with Crippen molar-refractivity contribution >= 4 is 17.9 Å². The summed E-state index contributed by atoms with van der Waals surface area (Å²) in [6.45, 7) is 5.75. The van der Waals surface area contributed by atoms with Gasteiger partial charge in [0.05, 0.1) is 4.90 Å². The van der Waals surface area contributed by atoms with Gasteiger partial charge in [-0.2, -0.15) is 13.2 Å². The fourth-order valence-electron chi connectivity index (χ4n) is 2.79. The van der Waals surface area contributed by atoms with Crippen LogP contribution in [-0.4, -0.2) is 35.2 Å². The van der Waals surface area contributed by atoms with Crippen LogP contribution in [0.25, 0.3) is 0 Å². The van der Waals surface area contributed by atoms with E-state index in [1.54, 1.807) is 20.8 Å². The lowest BCUT2D eigenvalue weighted by molar-refractivity contribution is -0.0330. The Bertz CT molecular complexity index is 664. The van der Waals surface area contributed by atoms with E-state index >= 15 is 0 Å². The van der Waals surface area contributed by atoms with Gasteiger partial charge in [-0.25, -0.2) is 13.6 Å². The summed E-state index contributed by atoms with van der Waals surface area (Å²) in [5, 5.41) is 0. The van der Waals surface area contributed by atoms with E-state index in [-0.39, 0.29) is 18.7 Å². The van der Waals surface area contributed by atoms with Crippen LogP contribution in [0.4, 0.5) is 26.7 Å². The number of thioether (sulfide) groups is 1. The van der Waals surface area contributed by atoms with Crippen LogP contribution in [0.15, 0.2) is 17.0 Å². The van der Waals surface area contributed by atoms with Crippen LogP contribution in [0, 0.1) is 11.6 Å². The van der Waals surface area contributed by atoms with E-state index < -0.39 is 51.4 Å². The molecule has 0 bridgehead atoms. The molecule has 0 unspecified atom stereocenters. The van der Waals surface area contributed by atoms with E-state index in [1.807, 2.05) is 0 Å². The van der Waals surface area contributed by atoms with Gasteiger partial charge in [-0.1, -0.05) is 6.07 Å². The van der Waals surface area contributed by atoms with Crippen molar-refractivity contribution < 1.29 is 31.5 Å². The predicted octanol–water partition coefficient (Wildman–Crippen LogP) is 5.69. The number of nitrogens with zero attached hydrogens (tertiary/aromatic N) is 1. The summed E-state index contributed by atoms with van der Waals surface area (Å²) in [6, 6.07) is 2.03. The molecule has 26 heavy (non-hydrogen) atoms. The van der Waals surface area contributed by atoms with E-state index in [2.05, 4.69) is 0 Å². The van der Waals surface area contributed by atoms with E-state index in [1.165, 1.54) is 11.0 Å². The van der Waals surface area contributed by atoms with Crippen molar-refractivity contribution in [3.8, 4) is 0 Å². The summed E-state index contributed by atoms with van der Waals surface area (Å²) in [6.07, 6.45) is 0.192. The van der Waals surface area contributed by atoms with Crippen molar-refractivity contribution in [2.45, 2.75) is 55.5 Å². The van der Waals surface area contributed by atoms with Gasteiger partial charge in [-0.15, -0.1) is 0 Å². The van der Waals surface area contributed by atoms with Crippen LogP contribution >= 0.6 is 11.8 Å². The van der Waals surface area contributed by atoms with Crippen LogP contribution < -0.4 is 0 Å². The Morgan fingerprint density at radius 3 is 2.23 bits per heavy atom. The highest BCUT2D eigenvalue weighted by molar-refractivity contribution is 8.00. The topological polar surface area (TPSA) is 29.5 Å². The molecule has 1 amide bonds. The Kier molecular flexibility index (Phi) is 6.09. The number of hydrogen-bond donors (Lipinski definition) is 0. The first-order valence-corrected chi connectivity index (χ1v) is 8.90. The number of piperidine rings is 1. The van der Waals surface area contributed by atoms with Crippen LogP contribution in [0.5, 0.6) is 0 Å². The third kappa shape index (κ3) is 5.49. The minimum atomic E-state index is -4.72. The number of hydrogen-bond acceptors (Lipinski definition) is 3. The number of benzene rings is 1. The zero-order chi connectivity index (χ0) is 19.7. The Balaban J connectivity index is 2.14. The molecule has 0 atom stereocenters. The number of likely N-dealkylation sites (tertiary alicyclic amines) is 1.